The van der Waals surface area contributed by atoms with Crippen LogP contribution in [0.4, 0.5) is 5.69 Å². The monoisotopic (exact) mass is 218 g/mol. The second-order valence-corrected chi connectivity index (χ2v) is 4.66. The van der Waals surface area contributed by atoms with Crippen LogP contribution in [-0.4, -0.2) is 32.3 Å². The van der Waals surface area contributed by atoms with Gasteiger partial charge in [-0.1, -0.05) is 18.2 Å². The summed E-state index contributed by atoms with van der Waals surface area (Å²) in [6.07, 6.45) is 1.14. The quantitative estimate of drug-likeness (QED) is 0.814. The van der Waals surface area contributed by atoms with Crippen LogP contribution < -0.4 is 10.6 Å². The SMILES string of the molecule is N[C@@H]1C[C@H]1c1ccccc1N1CCOCC1. The number of para-hydroxylation sites is 1. The summed E-state index contributed by atoms with van der Waals surface area (Å²) in [6.45, 7) is 3.67. The molecule has 86 valence electrons. The van der Waals surface area contributed by atoms with Crippen LogP contribution in [0.15, 0.2) is 24.3 Å². The first-order valence-electron chi connectivity index (χ1n) is 6.03. The Morgan fingerprint density at radius 1 is 1.19 bits per heavy atom. The van der Waals surface area contributed by atoms with E-state index in [0.717, 1.165) is 32.7 Å². The fraction of sp³-hybridized carbons (Fsp3) is 0.538. The van der Waals surface area contributed by atoms with Crippen molar-refractivity contribution in [3.8, 4) is 0 Å². The number of nitrogens with zero attached hydrogens (tertiary/aromatic N) is 1. The highest BCUT2D eigenvalue weighted by atomic mass is 16.5. The lowest BCUT2D eigenvalue weighted by Gasteiger charge is -2.30. The molecule has 1 aromatic rings. The second-order valence-electron chi connectivity index (χ2n) is 4.66. The van der Waals surface area contributed by atoms with Gasteiger partial charge in [-0.05, 0) is 18.1 Å². The molecule has 0 aromatic heterocycles. The average Bonchev–Trinajstić information content (AvgIpc) is 3.08. The van der Waals surface area contributed by atoms with Crippen LogP contribution in [-0.2, 0) is 4.74 Å². The maximum Gasteiger partial charge on any atom is 0.0642 e. The Kier molecular flexibility index (Phi) is 2.58. The largest absolute Gasteiger partial charge is 0.378 e. The molecule has 2 N–H and O–H groups in total. The van der Waals surface area contributed by atoms with Crippen molar-refractivity contribution in [1.82, 2.24) is 0 Å². The normalized spacial score (nSPS) is 29.2. The molecule has 1 aromatic carbocycles. The molecule has 0 unspecified atom stereocenters. The van der Waals surface area contributed by atoms with Gasteiger partial charge in [-0.25, -0.2) is 0 Å². The minimum atomic E-state index is 0.377. The number of anilines is 1. The highest BCUT2D eigenvalue weighted by Crippen LogP contribution is 2.43. The molecule has 1 aliphatic heterocycles. The van der Waals surface area contributed by atoms with Gasteiger partial charge in [-0.3, -0.25) is 0 Å². The molecular formula is C13H18N2O. The Morgan fingerprint density at radius 3 is 2.56 bits per heavy atom. The first-order chi connectivity index (χ1) is 7.86. The molecule has 1 saturated carbocycles. The maximum atomic E-state index is 5.95. The number of rotatable bonds is 2. The summed E-state index contributed by atoms with van der Waals surface area (Å²) in [6, 6.07) is 9.04. The third-order valence-corrected chi connectivity index (χ3v) is 3.53. The van der Waals surface area contributed by atoms with Crippen molar-refractivity contribution in [2.24, 2.45) is 5.73 Å². The van der Waals surface area contributed by atoms with Gasteiger partial charge in [0.15, 0.2) is 0 Å². The van der Waals surface area contributed by atoms with E-state index in [4.69, 9.17) is 10.5 Å². The van der Waals surface area contributed by atoms with Crippen LogP contribution in [0.3, 0.4) is 0 Å². The van der Waals surface area contributed by atoms with Crippen molar-refractivity contribution >= 4 is 5.69 Å². The van der Waals surface area contributed by atoms with E-state index < -0.39 is 0 Å². The molecule has 0 spiro atoms. The molecule has 1 aliphatic carbocycles. The Labute approximate surface area is 96.2 Å². The maximum absolute atomic E-state index is 5.95. The lowest BCUT2D eigenvalue weighted by atomic mass is 10.1. The smallest absolute Gasteiger partial charge is 0.0642 e. The fourth-order valence-electron chi connectivity index (χ4n) is 2.47. The Bertz CT molecular complexity index is 374. The number of hydrogen-bond acceptors (Lipinski definition) is 3. The zero-order valence-corrected chi connectivity index (χ0v) is 9.43. The van der Waals surface area contributed by atoms with E-state index in [0.29, 0.717) is 12.0 Å². The van der Waals surface area contributed by atoms with Gasteiger partial charge < -0.3 is 15.4 Å². The van der Waals surface area contributed by atoms with E-state index in [2.05, 4.69) is 29.2 Å². The third-order valence-electron chi connectivity index (χ3n) is 3.53. The molecule has 0 radical (unpaired) electrons. The van der Waals surface area contributed by atoms with Gasteiger partial charge in [0.05, 0.1) is 13.2 Å². The predicted octanol–water partition coefficient (Wildman–Crippen LogP) is 1.34. The highest BCUT2D eigenvalue weighted by Gasteiger charge is 2.37. The summed E-state index contributed by atoms with van der Waals surface area (Å²) in [5.74, 6) is 0.582. The fourth-order valence-corrected chi connectivity index (χ4v) is 2.47. The predicted molar refractivity (Wildman–Crippen MR) is 64.8 cm³/mol. The van der Waals surface area contributed by atoms with Gasteiger partial charge in [0.2, 0.25) is 0 Å². The molecule has 0 amide bonds. The van der Waals surface area contributed by atoms with E-state index in [9.17, 15) is 0 Å². The number of morpholine rings is 1. The van der Waals surface area contributed by atoms with Crippen molar-refractivity contribution in [3.63, 3.8) is 0 Å². The summed E-state index contributed by atoms with van der Waals surface area (Å²) in [7, 11) is 0. The number of hydrogen-bond donors (Lipinski definition) is 1. The van der Waals surface area contributed by atoms with Gasteiger partial charge in [-0.15, -0.1) is 0 Å². The van der Waals surface area contributed by atoms with Crippen molar-refractivity contribution in [2.75, 3.05) is 31.2 Å². The van der Waals surface area contributed by atoms with Crippen LogP contribution in [0.25, 0.3) is 0 Å². The molecule has 0 bridgehead atoms. The minimum absolute atomic E-state index is 0.377. The standard InChI is InChI=1S/C13H18N2O/c14-12-9-11(12)10-3-1-2-4-13(10)15-5-7-16-8-6-15/h1-4,11-12H,5-9,14H2/t11-,12+/m0/s1. The Morgan fingerprint density at radius 2 is 1.88 bits per heavy atom. The van der Waals surface area contributed by atoms with Crippen LogP contribution in [0.1, 0.15) is 17.9 Å². The summed E-state index contributed by atoms with van der Waals surface area (Å²) in [4.78, 5) is 2.42. The van der Waals surface area contributed by atoms with Crippen LogP contribution in [0.5, 0.6) is 0 Å². The van der Waals surface area contributed by atoms with E-state index in [-0.39, 0.29) is 0 Å². The van der Waals surface area contributed by atoms with Gasteiger partial charge in [0.25, 0.3) is 0 Å². The number of benzene rings is 1. The van der Waals surface area contributed by atoms with Crippen molar-refractivity contribution < 1.29 is 4.74 Å². The van der Waals surface area contributed by atoms with E-state index in [1.54, 1.807) is 0 Å². The van der Waals surface area contributed by atoms with E-state index in [1.165, 1.54) is 11.3 Å². The molecule has 2 atom stereocenters. The molecule has 2 aliphatic rings. The topological polar surface area (TPSA) is 38.5 Å². The molecule has 16 heavy (non-hydrogen) atoms. The molecule has 3 rings (SSSR count). The first-order valence-corrected chi connectivity index (χ1v) is 6.03. The Balaban J connectivity index is 1.87. The van der Waals surface area contributed by atoms with Gasteiger partial charge in [0.1, 0.15) is 0 Å². The summed E-state index contributed by atoms with van der Waals surface area (Å²) in [5.41, 5.74) is 8.75. The lowest BCUT2D eigenvalue weighted by molar-refractivity contribution is 0.122. The summed E-state index contributed by atoms with van der Waals surface area (Å²) >= 11 is 0. The minimum Gasteiger partial charge on any atom is -0.378 e. The molecule has 2 fully saturated rings. The second kappa shape index (κ2) is 4.07. The van der Waals surface area contributed by atoms with Crippen molar-refractivity contribution in [2.45, 2.75) is 18.4 Å². The number of ether oxygens (including phenoxy) is 1. The van der Waals surface area contributed by atoms with Crippen molar-refractivity contribution in [1.29, 1.82) is 0 Å². The van der Waals surface area contributed by atoms with Crippen molar-refractivity contribution in [3.05, 3.63) is 29.8 Å². The molecule has 1 heterocycles. The highest BCUT2D eigenvalue weighted by molar-refractivity contribution is 5.57. The van der Waals surface area contributed by atoms with E-state index in [1.807, 2.05) is 0 Å². The number of nitrogens with two attached hydrogens (primary N) is 1. The molecule has 3 nitrogen and oxygen atoms in total. The zero-order chi connectivity index (χ0) is 11.0. The summed E-state index contributed by atoms with van der Waals surface area (Å²) < 4.78 is 5.39. The lowest BCUT2D eigenvalue weighted by Crippen LogP contribution is -2.36. The first kappa shape index (κ1) is 10.1. The van der Waals surface area contributed by atoms with Gasteiger partial charge >= 0.3 is 0 Å². The van der Waals surface area contributed by atoms with Gasteiger partial charge in [0, 0.05) is 30.7 Å². The molecule has 1 saturated heterocycles. The van der Waals surface area contributed by atoms with E-state index >= 15 is 0 Å². The average molecular weight is 218 g/mol. The summed E-state index contributed by atoms with van der Waals surface area (Å²) in [5, 5.41) is 0. The third kappa shape index (κ3) is 1.81. The van der Waals surface area contributed by atoms with Gasteiger partial charge in [-0.2, -0.15) is 0 Å². The molecule has 3 heteroatoms. The van der Waals surface area contributed by atoms with Crippen LogP contribution >= 0.6 is 0 Å². The van der Waals surface area contributed by atoms with Crippen LogP contribution in [0.2, 0.25) is 0 Å². The zero-order valence-electron chi connectivity index (χ0n) is 9.43. The molecular weight excluding hydrogens is 200 g/mol. The Hall–Kier alpha value is -1.06. The van der Waals surface area contributed by atoms with Crippen LogP contribution in [0, 0.1) is 0 Å².